The van der Waals surface area contributed by atoms with E-state index in [2.05, 4.69) is 9.72 Å². The molecular weight excluding hydrogens is 326 g/mol. The summed E-state index contributed by atoms with van der Waals surface area (Å²) in [7, 11) is 1.26. The van der Waals surface area contributed by atoms with E-state index in [0.717, 1.165) is 0 Å². The Kier molecular flexibility index (Phi) is 2.83. The Labute approximate surface area is 105 Å². The van der Waals surface area contributed by atoms with Gasteiger partial charge >= 0.3 is 5.97 Å². The highest BCUT2D eigenvalue weighted by Gasteiger charge is 2.20. The predicted octanol–water partition coefficient (Wildman–Crippen LogP) is 2.17. The highest BCUT2D eigenvalue weighted by atomic mass is 127. The van der Waals surface area contributed by atoms with Gasteiger partial charge in [0.1, 0.15) is 5.65 Å². The Morgan fingerprint density at radius 3 is 2.88 bits per heavy atom. The predicted molar refractivity (Wildman–Crippen MR) is 63.9 cm³/mol. The SMILES string of the molecule is COC(=O)c1c(C)nc2ccc(I)c(F)n12. The first-order valence-corrected chi connectivity index (χ1v) is 5.55. The topological polar surface area (TPSA) is 43.6 Å². The molecule has 0 aliphatic heterocycles. The van der Waals surface area contributed by atoms with Crippen molar-refractivity contribution >= 4 is 34.2 Å². The molecule has 6 heteroatoms. The lowest BCUT2D eigenvalue weighted by molar-refractivity contribution is 0.0590. The molecule has 0 spiro atoms. The fourth-order valence-corrected chi connectivity index (χ4v) is 1.94. The molecule has 2 heterocycles. The van der Waals surface area contributed by atoms with Crippen molar-refractivity contribution in [2.75, 3.05) is 7.11 Å². The third-order valence-electron chi connectivity index (χ3n) is 2.23. The van der Waals surface area contributed by atoms with Gasteiger partial charge in [0.15, 0.2) is 5.69 Å². The molecule has 0 amide bonds. The molecule has 0 saturated heterocycles. The minimum Gasteiger partial charge on any atom is -0.464 e. The monoisotopic (exact) mass is 334 g/mol. The summed E-state index contributed by atoms with van der Waals surface area (Å²) in [5, 5.41) is 0. The second kappa shape index (κ2) is 4.00. The summed E-state index contributed by atoms with van der Waals surface area (Å²) in [5.74, 6) is -1.09. The molecule has 2 aromatic rings. The maximum atomic E-state index is 13.9. The van der Waals surface area contributed by atoms with Crippen LogP contribution in [0.5, 0.6) is 0 Å². The van der Waals surface area contributed by atoms with Gasteiger partial charge in [-0.1, -0.05) is 0 Å². The molecule has 0 radical (unpaired) electrons. The molecule has 0 saturated carbocycles. The van der Waals surface area contributed by atoms with E-state index in [1.807, 2.05) is 22.6 Å². The van der Waals surface area contributed by atoms with Crippen LogP contribution < -0.4 is 0 Å². The number of imidazole rings is 1. The Bertz CT molecular complexity index is 580. The summed E-state index contributed by atoms with van der Waals surface area (Å²) in [4.78, 5) is 15.6. The summed E-state index contributed by atoms with van der Waals surface area (Å²) in [5.41, 5.74) is 0.983. The Hall–Kier alpha value is -1.18. The number of aryl methyl sites for hydroxylation is 1. The number of hydrogen-bond acceptors (Lipinski definition) is 3. The maximum absolute atomic E-state index is 13.9. The molecule has 84 valence electrons. The van der Waals surface area contributed by atoms with Crippen LogP contribution in [0.4, 0.5) is 4.39 Å². The van der Waals surface area contributed by atoms with Gasteiger partial charge < -0.3 is 4.74 Å². The van der Waals surface area contributed by atoms with Crippen molar-refractivity contribution < 1.29 is 13.9 Å². The van der Waals surface area contributed by atoms with E-state index >= 15 is 0 Å². The maximum Gasteiger partial charge on any atom is 0.357 e. The number of carbonyl (C=O) groups excluding carboxylic acids is 1. The van der Waals surface area contributed by atoms with Crippen LogP contribution in [0.2, 0.25) is 0 Å². The number of hydrogen-bond donors (Lipinski definition) is 0. The van der Waals surface area contributed by atoms with Gasteiger partial charge in [-0.05, 0) is 41.6 Å². The Morgan fingerprint density at radius 1 is 1.56 bits per heavy atom. The normalized spacial score (nSPS) is 10.8. The molecule has 0 N–H and O–H groups in total. The summed E-state index contributed by atoms with van der Waals surface area (Å²) < 4.78 is 20.1. The molecule has 16 heavy (non-hydrogen) atoms. The number of ether oxygens (including phenoxy) is 1. The van der Waals surface area contributed by atoms with E-state index in [1.54, 1.807) is 19.1 Å². The van der Waals surface area contributed by atoms with Gasteiger partial charge in [0.25, 0.3) is 0 Å². The zero-order valence-electron chi connectivity index (χ0n) is 8.62. The van der Waals surface area contributed by atoms with E-state index < -0.39 is 11.9 Å². The summed E-state index contributed by atoms with van der Waals surface area (Å²) >= 11 is 1.86. The van der Waals surface area contributed by atoms with Gasteiger partial charge in [-0.2, -0.15) is 4.39 Å². The molecule has 0 aromatic carbocycles. The van der Waals surface area contributed by atoms with E-state index in [-0.39, 0.29) is 5.69 Å². The molecule has 0 aliphatic rings. The number of pyridine rings is 1. The number of fused-ring (bicyclic) bond motifs is 1. The molecule has 0 fully saturated rings. The first kappa shape index (κ1) is 11.3. The van der Waals surface area contributed by atoms with E-state index in [4.69, 9.17) is 0 Å². The standard InChI is InChI=1S/C10H8FIN2O2/c1-5-8(10(15)16-2)14-7(13-5)4-3-6(12)9(14)11/h3-4H,1-2H3. The van der Waals surface area contributed by atoms with Crippen molar-refractivity contribution in [2.45, 2.75) is 6.92 Å². The van der Waals surface area contributed by atoms with Gasteiger partial charge in [0.2, 0.25) is 5.95 Å². The number of nitrogens with zero attached hydrogens (tertiary/aromatic N) is 2. The lowest BCUT2D eigenvalue weighted by atomic mass is 10.3. The molecule has 0 unspecified atom stereocenters. The van der Waals surface area contributed by atoms with Crippen molar-refractivity contribution in [3.63, 3.8) is 0 Å². The van der Waals surface area contributed by atoms with Crippen LogP contribution in [0.25, 0.3) is 5.65 Å². The van der Waals surface area contributed by atoms with Crippen molar-refractivity contribution in [3.8, 4) is 0 Å². The van der Waals surface area contributed by atoms with Crippen LogP contribution in [0.3, 0.4) is 0 Å². The second-order valence-corrected chi connectivity index (χ2v) is 4.37. The number of halogens is 2. The van der Waals surface area contributed by atoms with Crippen LogP contribution in [0.15, 0.2) is 12.1 Å². The minimum absolute atomic E-state index is 0.133. The van der Waals surface area contributed by atoms with Crippen LogP contribution in [0.1, 0.15) is 16.2 Å². The number of esters is 1. The summed E-state index contributed by atoms with van der Waals surface area (Å²) in [6, 6.07) is 3.27. The van der Waals surface area contributed by atoms with E-state index in [1.165, 1.54) is 11.5 Å². The Balaban J connectivity index is 2.86. The summed E-state index contributed by atoms with van der Waals surface area (Å²) in [6.07, 6.45) is 0. The lowest BCUT2D eigenvalue weighted by Crippen LogP contribution is -2.09. The average molecular weight is 334 g/mol. The van der Waals surface area contributed by atoms with Crippen molar-refractivity contribution in [1.29, 1.82) is 0 Å². The first-order chi connectivity index (χ1) is 7.56. The van der Waals surface area contributed by atoms with E-state index in [0.29, 0.717) is 14.9 Å². The van der Waals surface area contributed by atoms with Crippen molar-refractivity contribution in [1.82, 2.24) is 9.38 Å². The molecule has 0 bridgehead atoms. The first-order valence-electron chi connectivity index (χ1n) is 4.47. The number of methoxy groups -OCH3 is 1. The quantitative estimate of drug-likeness (QED) is 0.456. The fourth-order valence-electron chi connectivity index (χ4n) is 1.52. The van der Waals surface area contributed by atoms with Crippen molar-refractivity contribution in [3.05, 3.63) is 33.0 Å². The van der Waals surface area contributed by atoms with Crippen LogP contribution in [0, 0.1) is 16.4 Å². The van der Waals surface area contributed by atoms with Gasteiger partial charge in [-0.3, -0.25) is 4.40 Å². The number of carbonyl (C=O) groups is 1. The zero-order chi connectivity index (χ0) is 11.9. The molecular formula is C10H8FIN2O2. The zero-order valence-corrected chi connectivity index (χ0v) is 10.8. The molecule has 0 atom stereocenters. The number of aromatic nitrogens is 2. The van der Waals surface area contributed by atoms with Crippen LogP contribution in [-0.2, 0) is 4.74 Å². The third-order valence-corrected chi connectivity index (χ3v) is 3.03. The Morgan fingerprint density at radius 2 is 2.25 bits per heavy atom. The van der Waals surface area contributed by atoms with Gasteiger partial charge in [0, 0.05) is 0 Å². The summed E-state index contributed by atoms with van der Waals surface area (Å²) in [6.45, 7) is 1.64. The highest BCUT2D eigenvalue weighted by Crippen LogP contribution is 2.19. The van der Waals surface area contributed by atoms with Gasteiger partial charge in [-0.25, -0.2) is 9.78 Å². The third kappa shape index (κ3) is 1.57. The molecule has 4 nitrogen and oxygen atoms in total. The van der Waals surface area contributed by atoms with E-state index in [9.17, 15) is 9.18 Å². The largest absolute Gasteiger partial charge is 0.464 e. The van der Waals surface area contributed by atoms with Gasteiger partial charge in [0.05, 0.1) is 16.4 Å². The fraction of sp³-hybridized carbons (Fsp3) is 0.200. The van der Waals surface area contributed by atoms with Crippen molar-refractivity contribution in [2.24, 2.45) is 0 Å². The smallest absolute Gasteiger partial charge is 0.357 e. The highest BCUT2D eigenvalue weighted by molar-refractivity contribution is 14.1. The molecule has 2 aromatic heterocycles. The van der Waals surface area contributed by atoms with Crippen LogP contribution in [-0.4, -0.2) is 22.5 Å². The molecule has 0 aliphatic carbocycles. The average Bonchev–Trinajstić information content (AvgIpc) is 2.60. The second-order valence-electron chi connectivity index (χ2n) is 3.20. The lowest BCUT2D eigenvalue weighted by Gasteiger charge is -2.03. The minimum atomic E-state index is -0.592. The van der Waals surface area contributed by atoms with Gasteiger partial charge in [-0.15, -0.1) is 0 Å². The van der Waals surface area contributed by atoms with Crippen LogP contribution >= 0.6 is 22.6 Å². The number of rotatable bonds is 1. The molecule has 2 rings (SSSR count).